The van der Waals surface area contributed by atoms with Gasteiger partial charge in [0.05, 0.1) is 25.1 Å². The van der Waals surface area contributed by atoms with Crippen LogP contribution in [0.3, 0.4) is 0 Å². The lowest BCUT2D eigenvalue weighted by Gasteiger charge is -2.20. The molecular formula is C46H25Cl5. The van der Waals surface area contributed by atoms with E-state index in [-0.39, 0.29) is 25.1 Å². The Morgan fingerprint density at radius 2 is 0.647 bits per heavy atom. The van der Waals surface area contributed by atoms with Crippen LogP contribution in [0.5, 0.6) is 0 Å². The van der Waals surface area contributed by atoms with E-state index in [1.165, 1.54) is 65.3 Å². The molecule has 0 saturated carbocycles. The van der Waals surface area contributed by atoms with Crippen molar-refractivity contribution in [2.75, 3.05) is 0 Å². The van der Waals surface area contributed by atoms with Gasteiger partial charge < -0.3 is 0 Å². The molecule has 0 saturated heterocycles. The van der Waals surface area contributed by atoms with E-state index >= 15 is 0 Å². The summed E-state index contributed by atoms with van der Waals surface area (Å²) >= 11 is 32.4. The highest BCUT2D eigenvalue weighted by molar-refractivity contribution is 6.56. The lowest BCUT2D eigenvalue weighted by atomic mass is 9.83. The monoisotopic (exact) mass is 752 g/mol. The molecule has 51 heavy (non-hydrogen) atoms. The standard InChI is InChI=1S/C46H25Cl5/c47-42-39(43(48)45(50)46(51)44(42)49)29-21-19-26(20-22-29)30-23-24-37-38(25-30)41(34-18-8-12-28-10-2-4-14-32(28)34)36-16-6-5-15-35(36)40(37)33-17-7-11-27-9-1-3-13-31(27)33/h1-25H. The molecule has 0 aliphatic rings. The molecule has 9 aromatic carbocycles. The molecule has 0 amide bonds. The van der Waals surface area contributed by atoms with Crippen LogP contribution < -0.4 is 0 Å². The van der Waals surface area contributed by atoms with Gasteiger partial charge in [0.25, 0.3) is 0 Å². The van der Waals surface area contributed by atoms with Gasteiger partial charge in [0.1, 0.15) is 0 Å². The van der Waals surface area contributed by atoms with E-state index in [4.69, 9.17) is 58.0 Å². The molecule has 0 atom stereocenters. The molecule has 0 spiro atoms. The Bertz CT molecular complexity index is 2810. The summed E-state index contributed by atoms with van der Waals surface area (Å²) in [4.78, 5) is 0. The molecule has 0 aliphatic heterocycles. The van der Waals surface area contributed by atoms with E-state index in [0.717, 1.165) is 16.7 Å². The minimum atomic E-state index is 0.141. The van der Waals surface area contributed by atoms with Crippen LogP contribution in [-0.2, 0) is 0 Å². The van der Waals surface area contributed by atoms with Crippen molar-refractivity contribution in [3.63, 3.8) is 0 Å². The third-order valence-corrected chi connectivity index (χ3v) is 12.1. The summed E-state index contributed by atoms with van der Waals surface area (Å²) in [6.07, 6.45) is 0. The third-order valence-electron chi connectivity index (χ3n) is 9.86. The van der Waals surface area contributed by atoms with Crippen molar-refractivity contribution in [3.8, 4) is 44.5 Å². The number of fused-ring (bicyclic) bond motifs is 4. The van der Waals surface area contributed by atoms with Crippen LogP contribution in [0.25, 0.3) is 87.6 Å². The van der Waals surface area contributed by atoms with Crippen molar-refractivity contribution >= 4 is 101 Å². The van der Waals surface area contributed by atoms with Crippen molar-refractivity contribution in [2.24, 2.45) is 0 Å². The molecule has 9 aromatic rings. The summed E-state index contributed by atoms with van der Waals surface area (Å²) in [5.74, 6) is 0. The Labute approximate surface area is 320 Å². The zero-order valence-electron chi connectivity index (χ0n) is 26.8. The molecule has 5 heteroatoms. The molecule has 0 aliphatic carbocycles. The number of hydrogen-bond acceptors (Lipinski definition) is 0. The van der Waals surface area contributed by atoms with Gasteiger partial charge >= 0.3 is 0 Å². The van der Waals surface area contributed by atoms with E-state index in [1.54, 1.807) is 0 Å². The van der Waals surface area contributed by atoms with Gasteiger partial charge in [-0.3, -0.25) is 0 Å². The molecule has 9 rings (SSSR count). The molecular weight excluding hydrogens is 730 g/mol. The highest BCUT2D eigenvalue weighted by Crippen LogP contribution is 2.50. The van der Waals surface area contributed by atoms with Crippen LogP contribution in [0.1, 0.15) is 0 Å². The molecule has 0 N–H and O–H groups in total. The van der Waals surface area contributed by atoms with Crippen LogP contribution >= 0.6 is 58.0 Å². The van der Waals surface area contributed by atoms with Gasteiger partial charge in [-0.1, -0.05) is 204 Å². The zero-order chi connectivity index (χ0) is 34.8. The first-order chi connectivity index (χ1) is 24.9. The van der Waals surface area contributed by atoms with Crippen molar-refractivity contribution < 1.29 is 0 Å². The van der Waals surface area contributed by atoms with Gasteiger partial charge in [0.2, 0.25) is 0 Å². The quantitative estimate of drug-likeness (QED) is 0.0953. The maximum absolute atomic E-state index is 6.64. The number of rotatable bonds is 4. The summed E-state index contributed by atoms with van der Waals surface area (Å²) < 4.78 is 0. The maximum atomic E-state index is 6.64. The first-order valence-corrected chi connectivity index (χ1v) is 18.4. The largest absolute Gasteiger partial charge is 0.0819 e. The Morgan fingerprint density at radius 1 is 0.255 bits per heavy atom. The average molecular weight is 755 g/mol. The van der Waals surface area contributed by atoms with Gasteiger partial charge in [-0.15, -0.1) is 0 Å². The van der Waals surface area contributed by atoms with Crippen LogP contribution in [0.2, 0.25) is 25.1 Å². The van der Waals surface area contributed by atoms with Crippen LogP contribution in [0.4, 0.5) is 0 Å². The van der Waals surface area contributed by atoms with Gasteiger partial charge in [-0.25, -0.2) is 0 Å². The topological polar surface area (TPSA) is 0 Å². The first-order valence-electron chi connectivity index (χ1n) is 16.5. The van der Waals surface area contributed by atoms with Gasteiger partial charge in [-0.05, 0) is 88.1 Å². The van der Waals surface area contributed by atoms with E-state index in [0.29, 0.717) is 5.56 Å². The van der Waals surface area contributed by atoms with Crippen molar-refractivity contribution in [1.82, 2.24) is 0 Å². The molecule has 0 fully saturated rings. The molecule has 0 heterocycles. The summed E-state index contributed by atoms with van der Waals surface area (Å²) in [6, 6.07) is 54.2. The lowest BCUT2D eigenvalue weighted by Crippen LogP contribution is -1.93. The van der Waals surface area contributed by atoms with E-state index in [2.05, 4.69) is 140 Å². The highest BCUT2D eigenvalue weighted by atomic mass is 35.5. The van der Waals surface area contributed by atoms with Crippen molar-refractivity contribution in [3.05, 3.63) is 177 Å². The first kappa shape index (κ1) is 32.4. The van der Waals surface area contributed by atoms with Crippen LogP contribution in [0.15, 0.2) is 152 Å². The molecule has 0 nitrogen and oxygen atoms in total. The Kier molecular flexibility index (Phi) is 8.19. The van der Waals surface area contributed by atoms with E-state index in [1.807, 2.05) is 12.1 Å². The Morgan fingerprint density at radius 3 is 1.20 bits per heavy atom. The zero-order valence-corrected chi connectivity index (χ0v) is 30.6. The summed E-state index contributed by atoms with van der Waals surface area (Å²) in [6.45, 7) is 0. The average Bonchev–Trinajstić information content (AvgIpc) is 3.18. The maximum Gasteiger partial charge on any atom is 0.0809 e. The fraction of sp³-hybridized carbons (Fsp3) is 0. The van der Waals surface area contributed by atoms with Crippen LogP contribution in [0, 0.1) is 0 Å². The third kappa shape index (κ3) is 5.29. The van der Waals surface area contributed by atoms with Gasteiger partial charge in [0, 0.05) is 5.56 Å². The minimum Gasteiger partial charge on any atom is -0.0819 e. The summed E-state index contributed by atoms with van der Waals surface area (Å²) in [5, 5.41) is 10.7. The fourth-order valence-electron chi connectivity index (χ4n) is 7.51. The summed E-state index contributed by atoms with van der Waals surface area (Å²) in [7, 11) is 0. The van der Waals surface area contributed by atoms with Crippen molar-refractivity contribution in [1.29, 1.82) is 0 Å². The Hall–Kier alpha value is -4.53. The predicted octanol–water partition coefficient (Wildman–Crippen LogP) is 16.2. The normalized spacial score (nSPS) is 11.6. The number of halogens is 5. The van der Waals surface area contributed by atoms with Crippen molar-refractivity contribution in [2.45, 2.75) is 0 Å². The SMILES string of the molecule is Clc1c(Cl)c(Cl)c(-c2ccc(-c3ccc4c(-c5cccc6ccccc56)c5ccccc5c(-c5cccc6ccccc56)c4c3)cc2)c(Cl)c1Cl. The second-order valence-electron chi connectivity index (χ2n) is 12.6. The molecule has 244 valence electrons. The van der Waals surface area contributed by atoms with Crippen LogP contribution in [-0.4, -0.2) is 0 Å². The number of benzene rings is 9. The second kappa shape index (κ2) is 12.9. The molecule has 0 bridgehead atoms. The van der Waals surface area contributed by atoms with E-state index < -0.39 is 0 Å². The molecule has 0 unspecified atom stereocenters. The number of hydrogen-bond donors (Lipinski definition) is 0. The molecule has 0 aromatic heterocycles. The summed E-state index contributed by atoms with van der Waals surface area (Å²) in [5.41, 5.74) is 8.31. The Balaban J connectivity index is 1.33. The minimum absolute atomic E-state index is 0.141. The highest BCUT2D eigenvalue weighted by Gasteiger charge is 2.22. The van der Waals surface area contributed by atoms with Gasteiger partial charge in [0.15, 0.2) is 0 Å². The predicted molar refractivity (Wildman–Crippen MR) is 223 cm³/mol. The second-order valence-corrected chi connectivity index (χ2v) is 14.5. The molecule has 0 radical (unpaired) electrons. The smallest absolute Gasteiger partial charge is 0.0809 e. The van der Waals surface area contributed by atoms with Gasteiger partial charge in [-0.2, -0.15) is 0 Å². The lowest BCUT2D eigenvalue weighted by molar-refractivity contribution is 1.59. The van der Waals surface area contributed by atoms with E-state index in [9.17, 15) is 0 Å². The fourth-order valence-corrected chi connectivity index (χ4v) is 8.87.